The van der Waals surface area contributed by atoms with Crippen molar-refractivity contribution in [1.29, 1.82) is 0 Å². The number of alkyl halides is 1. The lowest BCUT2D eigenvalue weighted by Crippen LogP contribution is -2.39. The zero-order chi connectivity index (χ0) is 12.2. The molecule has 1 atom stereocenters. The lowest BCUT2D eigenvalue weighted by atomic mass is 10.1. The first-order chi connectivity index (χ1) is 7.38. The predicted molar refractivity (Wildman–Crippen MR) is 64.2 cm³/mol. The zero-order valence-corrected chi connectivity index (χ0v) is 10.6. The number of aryl methyl sites for hydroxylation is 2. The van der Waals surface area contributed by atoms with E-state index in [4.69, 9.17) is 0 Å². The van der Waals surface area contributed by atoms with Crippen LogP contribution < -0.4 is 5.32 Å². The van der Waals surface area contributed by atoms with E-state index in [1.165, 1.54) is 0 Å². The van der Waals surface area contributed by atoms with Gasteiger partial charge in [-0.25, -0.2) is 9.37 Å². The highest BCUT2D eigenvalue weighted by molar-refractivity contribution is 4.91. The normalized spacial score (nSPS) is 14.1. The van der Waals surface area contributed by atoms with Gasteiger partial charge in [-0.05, 0) is 27.2 Å². The summed E-state index contributed by atoms with van der Waals surface area (Å²) in [6, 6.07) is 0. The zero-order valence-electron chi connectivity index (χ0n) is 10.6. The highest BCUT2D eigenvalue weighted by atomic mass is 19.1. The Kier molecular flexibility index (Phi) is 4.47. The molecule has 3 nitrogen and oxygen atoms in total. The van der Waals surface area contributed by atoms with E-state index in [2.05, 4.69) is 10.3 Å². The molecule has 1 aromatic rings. The summed E-state index contributed by atoms with van der Waals surface area (Å²) in [5.74, 6) is 0.943. The number of imidazole rings is 1. The largest absolute Gasteiger partial charge is 0.338 e. The number of hydrogen-bond acceptors (Lipinski definition) is 2. The minimum Gasteiger partial charge on any atom is -0.338 e. The van der Waals surface area contributed by atoms with Crippen molar-refractivity contribution in [1.82, 2.24) is 14.9 Å². The molecule has 0 aliphatic heterocycles. The van der Waals surface area contributed by atoms with Crippen LogP contribution in [0.25, 0.3) is 0 Å². The van der Waals surface area contributed by atoms with E-state index >= 15 is 0 Å². The molecule has 0 aromatic carbocycles. The van der Waals surface area contributed by atoms with Crippen molar-refractivity contribution >= 4 is 0 Å². The van der Waals surface area contributed by atoms with Gasteiger partial charge >= 0.3 is 0 Å². The lowest BCUT2D eigenvalue weighted by Gasteiger charge is -2.21. The van der Waals surface area contributed by atoms with Gasteiger partial charge in [0.15, 0.2) is 0 Å². The SMILES string of the molecule is Cn1ccnc1CCC(F)CNC(C)(C)C. The number of nitrogens with zero attached hydrogens (tertiary/aromatic N) is 2. The third kappa shape index (κ3) is 4.75. The molecule has 1 heterocycles. The molecule has 1 aromatic heterocycles. The molecular formula is C12H22FN3. The second-order valence-electron chi connectivity index (χ2n) is 5.22. The third-order valence-corrected chi connectivity index (χ3v) is 2.46. The minimum absolute atomic E-state index is 0.0203. The first kappa shape index (κ1) is 13.2. The van der Waals surface area contributed by atoms with Gasteiger partial charge in [0.25, 0.3) is 0 Å². The average Bonchev–Trinajstić information content (AvgIpc) is 2.57. The standard InChI is InChI=1S/C12H22FN3/c1-12(2,3)15-9-10(13)5-6-11-14-7-8-16(11)4/h7-8,10,15H,5-6,9H2,1-4H3. The first-order valence-electron chi connectivity index (χ1n) is 5.74. The topological polar surface area (TPSA) is 29.9 Å². The van der Waals surface area contributed by atoms with Gasteiger partial charge in [-0.15, -0.1) is 0 Å². The van der Waals surface area contributed by atoms with Crippen LogP contribution in [0.5, 0.6) is 0 Å². The van der Waals surface area contributed by atoms with Crippen molar-refractivity contribution in [3.8, 4) is 0 Å². The van der Waals surface area contributed by atoms with Gasteiger partial charge in [0, 0.05) is 37.9 Å². The molecule has 1 unspecified atom stereocenters. The molecule has 0 spiro atoms. The minimum atomic E-state index is -0.809. The van der Waals surface area contributed by atoms with E-state index < -0.39 is 6.17 Å². The molecule has 0 aliphatic carbocycles. The number of rotatable bonds is 5. The molecule has 0 fully saturated rings. The van der Waals surface area contributed by atoms with E-state index in [0.717, 1.165) is 5.82 Å². The number of halogens is 1. The van der Waals surface area contributed by atoms with E-state index in [1.54, 1.807) is 6.20 Å². The van der Waals surface area contributed by atoms with Crippen LogP contribution in [-0.4, -0.2) is 27.8 Å². The molecule has 0 aliphatic rings. The predicted octanol–water partition coefficient (Wildman–Crippen LogP) is 2.08. The summed E-state index contributed by atoms with van der Waals surface area (Å²) in [5.41, 5.74) is -0.0203. The van der Waals surface area contributed by atoms with Crippen LogP contribution in [0.1, 0.15) is 33.0 Å². The highest BCUT2D eigenvalue weighted by Gasteiger charge is 2.13. The van der Waals surface area contributed by atoms with Crippen molar-refractivity contribution in [2.75, 3.05) is 6.54 Å². The van der Waals surface area contributed by atoms with Crippen LogP contribution in [0.2, 0.25) is 0 Å². The fraction of sp³-hybridized carbons (Fsp3) is 0.750. The Labute approximate surface area is 97.1 Å². The Hall–Kier alpha value is -0.900. The van der Waals surface area contributed by atoms with E-state index in [0.29, 0.717) is 19.4 Å². The Morgan fingerprint density at radius 1 is 1.50 bits per heavy atom. The number of hydrogen-bond donors (Lipinski definition) is 1. The van der Waals surface area contributed by atoms with E-state index in [9.17, 15) is 4.39 Å². The highest BCUT2D eigenvalue weighted by Crippen LogP contribution is 2.06. The summed E-state index contributed by atoms with van der Waals surface area (Å²) < 4.78 is 15.5. The Bertz CT molecular complexity index is 314. The Morgan fingerprint density at radius 2 is 2.19 bits per heavy atom. The average molecular weight is 227 g/mol. The molecule has 1 N–H and O–H groups in total. The Balaban J connectivity index is 2.25. The molecule has 0 saturated carbocycles. The van der Waals surface area contributed by atoms with Gasteiger partial charge in [0.1, 0.15) is 12.0 Å². The number of aromatic nitrogens is 2. The molecule has 0 saturated heterocycles. The van der Waals surface area contributed by atoms with Crippen LogP contribution in [0, 0.1) is 0 Å². The first-order valence-corrected chi connectivity index (χ1v) is 5.74. The maximum atomic E-state index is 13.6. The van der Waals surface area contributed by atoms with Crippen molar-refractivity contribution in [3.63, 3.8) is 0 Å². The second-order valence-corrected chi connectivity index (χ2v) is 5.22. The summed E-state index contributed by atoms with van der Waals surface area (Å²) in [5, 5.41) is 3.16. The van der Waals surface area contributed by atoms with Crippen molar-refractivity contribution in [2.45, 2.75) is 45.3 Å². The van der Waals surface area contributed by atoms with Gasteiger partial charge in [-0.3, -0.25) is 0 Å². The second kappa shape index (κ2) is 5.43. The Morgan fingerprint density at radius 3 is 2.69 bits per heavy atom. The summed E-state index contributed by atoms with van der Waals surface area (Å²) in [4.78, 5) is 4.17. The van der Waals surface area contributed by atoms with E-state index in [1.807, 2.05) is 38.6 Å². The molecule has 0 bridgehead atoms. The molecule has 0 radical (unpaired) electrons. The summed E-state index contributed by atoms with van der Waals surface area (Å²) in [6.45, 7) is 6.53. The van der Waals surface area contributed by atoms with Gasteiger partial charge in [0.05, 0.1) is 0 Å². The van der Waals surface area contributed by atoms with Crippen LogP contribution in [0.4, 0.5) is 4.39 Å². The number of nitrogens with one attached hydrogen (secondary N) is 1. The molecule has 4 heteroatoms. The fourth-order valence-electron chi connectivity index (χ4n) is 1.44. The summed E-state index contributed by atoms with van der Waals surface area (Å²) in [7, 11) is 1.93. The van der Waals surface area contributed by atoms with Crippen LogP contribution in [-0.2, 0) is 13.5 Å². The quantitative estimate of drug-likeness (QED) is 0.834. The maximum absolute atomic E-state index is 13.6. The van der Waals surface area contributed by atoms with Crippen molar-refractivity contribution in [2.24, 2.45) is 7.05 Å². The fourth-order valence-corrected chi connectivity index (χ4v) is 1.44. The summed E-state index contributed by atoms with van der Waals surface area (Å²) >= 11 is 0. The maximum Gasteiger partial charge on any atom is 0.113 e. The molecule has 1 rings (SSSR count). The smallest absolute Gasteiger partial charge is 0.113 e. The molecular weight excluding hydrogens is 205 g/mol. The van der Waals surface area contributed by atoms with Crippen LogP contribution >= 0.6 is 0 Å². The molecule has 16 heavy (non-hydrogen) atoms. The van der Waals surface area contributed by atoms with Crippen molar-refractivity contribution < 1.29 is 4.39 Å². The summed E-state index contributed by atoms with van der Waals surface area (Å²) in [6.07, 6.45) is 4.03. The third-order valence-electron chi connectivity index (χ3n) is 2.46. The van der Waals surface area contributed by atoms with Crippen molar-refractivity contribution in [3.05, 3.63) is 18.2 Å². The molecule has 92 valence electrons. The van der Waals surface area contributed by atoms with Gasteiger partial charge in [0.2, 0.25) is 0 Å². The monoisotopic (exact) mass is 227 g/mol. The van der Waals surface area contributed by atoms with Gasteiger partial charge < -0.3 is 9.88 Å². The van der Waals surface area contributed by atoms with Crippen LogP contribution in [0.3, 0.4) is 0 Å². The van der Waals surface area contributed by atoms with Gasteiger partial charge in [-0.1, -0.05) is 0 Å². The van der Waals surface area contributed by atoms with Gasteiger partial charge in [-0.2, -0.15) is 0 Å². The van der Waals surface area contributed by atoms with E-state index in [-0.39, 0.29) is 5.54 Å². The van der Waals surface area contributed by atoms with Crippen LogP contribution in [0.15, 0.2) is 12.4 Å². The molecule has 0 amide bonds. The lowest BCUT2D eigenvalue weighted by molar-refractivity contribution is 0.271.